The van der Waals surface area contributed by atoms with Crippen molar-refractivity contribution < 1.29 is 4.74 Å². The van der Waals surface area contributed by atoms with Gasteiger partial charge in [0.1, 0.15) is 5.75 Å². The summed E-state index contributed by atoms with van der Waals surface area (Å²) < 4.78 is 5.78. The summed E-state index contributed by atoms with van der Waals surface area (Å²) in [4.78, 5) is 2.37. The minimum absolute atomic E-state index is 0.388. The van der Waals surface area contributed by atoms with Gasteiger partial charge in [-0.1, -0.05) is 17.7 Å². The molecule has 1 saturated heterocycles. The zero-order valence-electron chi connectivity index (χ0n) is 11.3. The molecule has 0 radical (unpaired) electrons. The van der Waals surface area contributed by atoms with Crippen molar-refractivity contribution >= 4 is 11.6 Å². The highest BCUT2D eigenvalue weighted by Gasteiger charge is 2.30. The predicted molar refractivity (Wildman–Crippen MR) is 77.6 cm³/mol. The van der Waals surface area contributed by atoms with Crippen LogP contribution in [0.4, 0.5) is 0 Å². The van der Waals surface area contributed by atoms with Crippen molar-refractivity contribution in [1.82, 2.24) is 4.90 Å². The zero-order chi connectivity index (χ0) is 13.4. The van der Waals surface area contributed by atoms with E-state index in [1.54, 1.807) is 0 Å². The third-order valence-electron chi connectivity index (χ3n) is 4.13. The van der Waals surface area contributed by atoms with Crippen molar-refractivity contribution in [1.29, 1.82) is 0 Å². The molecule has 1 heterocycles. The summed E-state index contributed by atoms with van der Waals surface area (Å²) in [5.41, 5.74) is 7.05. The summed E-state index contributed by atoms with van der Waals surface area (Å²) in [6.07, 6.45) is 3.81. The second-order valence-electron chi connectivity index (χ2n) is 5.80. The Balaban J connectivity index is 1.75. The van der Waals surface area contributed by atoms with Crippen LogP contribution in [0.1, 0.15) is 30.9 Å². The van der Waals surface area contributed by atoms with E-state index in [4.69, 9.17) is 22.1 Å². The van der Waals surface area contributed by atoms with Crippen LogP contribution in [0.3, 0.4) is 0 Å². The number of likely N-dealkylation sites (tertiary alicyclic amines) is 1. The third kappa shape index (κ3) is 2.88. The molecule has 2 atom stereocenters. The smallest absolute Gasteiger partial charge is 0.138 e. The molecule has 4 heteroatoms. The number of hydrogen-bond donors (Lipinski definition) is 1. The van der Waals surface area contributed by atoms with Gasteiger partial charge in [-0.2, -0.15) is 0 Å². The van der Waals surface area contributed by atoms with E-state index in [0.29, 0.717) is 18.1 Å². The summed E-state index contributed by atoms with van der Waals surface area (Å²) in [5.74, 6) is 1.42. The lowest BCUT2D eigenvalue weighted by molar-refractivity contribution is 0.301. The molecule has 0 amide bonds. The van der Waals surface area contributed by atoms with Gasteiger partial charge in [0.05, 0.1) is 11.1 Å². The predicted octanol–water partition coefficient (Wildman–Crippen LogP) is 2.83. The number of nitrogens with two attached hydrogens (primary N) is 1. The molecule has 3 rings (SSSR count). The Kier molecular flexibility index (Phi) is 3.70. The van der Waals surface area contributed by atoms with Gasteiger partial charge >= 0.3 is 0 Å². The Morgan fingerprint density at radius 2 is 2.21 bits per heavy atom. The van der Waals surface area contributed by atoms with Crippen LogP contribution in [-0.4, -0.2) is 31.1 Å². The molecule has 0 spiro atoms. The molecule has 3 nitrogen and oxygen atoms in total. The molecule has 19 heavy (non-hydrogen) atoms. The van der Waals surface area contributed by atoms with Crippen molar-refractivity contribution in [3.63, 3.8) is 0 Å². The van der Waals surface area contributed by atoms with Crippen LogP contribution in [0.2, 0.25) is 5.02 Å². The monoisotopic (exact) mass is 280 g/mol. The van der Waals surface area contributed by atoms with Crippen molar-refractivity contribution in [2.75, 3.05) is 20.1 Å². The van der Waals surface area contributed by atoms with Crippen LogP contribution in [0.15, 0.2) is 18.2 Å². The normalized spacial score (nSPS) is 27.7. The molecule has 104 valence electrons. The van der Waals surface area contributed by atoms with Crippen molar-refractivity contribution in [3.05, 3.63) is 28.8 Å². The summed E-state index contributed by atoms with van der Waals surface area (Å²) >= 11 is 6.33. The molecule has 1 aromatic carbocycles. The van der Waals surface area contributed by atoms with Gasteiger partial charge in [-0.15, -0.1) is 0 Å². The fourth-order valence-corrected chi connectivity index (χ4v) is 3.08. The highest BCUT2D eigenvalue weighted by molar-refractivity contribution is 6.32. The summed E-state index contributed by atoms with van der Waals surface area (Å²) in [6.45, 7) is 1.83. The number of ether oxygens (including phenoxy) is 1. The first-order valence-corrected chi connectivity index (χ1v) is 7.41. The molecule has 0 bridgehead atoms. The number of halogens is 1. The van der Waals surface area contributed by atoms with Gasteiger partial charge < -0.3 is 10.5 Å². The lowest BCUT2D eigenvalue weighted by Gasteiger charge is -2.20. The minimum Gasteiger partial charge on any atom is -0.489 e. The van der Waals surface area contributed by atoms with Crippen LogP contribution in [0.5, 0.6) is 5.75 Å². The standard InChI is InChI=1S/C15H21ClN2O/c1-18-9-10(8-17)6-14(18)11-2-5-15(13(16)7-11)19-12-3-4-12/h2,5,7,10,12,14H,3-4,6,8-9,17H2,1H3. The maximum absolute atomic E-state index is 6.33. The fraction of sp³-hybridized carbons (Fsp3) is 0.600. The van der Waals surface area contributed by atoms with E-state index in [1.165, 1.54) is 5.56 Å². The van der Waals surface area contributed by atoms with E-state index in [2.05, 4.69) is 24.1 Å². The van der Waals surface area contributed by atoms with Gasteiger partial charge in [0.2, 0.25) is 0 Å². The van der Waals surface area contributed by atoms with Crippen molar-refractivity contribution in [2.45, 2.75) is 31.4 Å². The van der Waals surface area contributed by atoms with Crippen molar-refractivity contribution in [2.24, 2.45) is 11.7 Å². The largest absolute Gasteiger partial charge is 0.489 e. The van der Waals surface area contributed by atoms with E-state index in [9.17, 15) is 0 Å². The zero-order valence-corrected chi connectivity index (χ0v) is 12.1. The summed E-state index contributed by atoms with van der Waals surface area (Å²) in [5, 5.41) is 0.731. The quantitative estimate of drug-likeness (QED) is 0.922. The molecular formula is C15H21ClN2O. The van der Waals surface area contributed by atoms with Crippen LogP contribution >= 0.6 is 11.6 Å². The first-order valence-electron chi connectivity index (χ1n) is 7.03. The van der Waals surface area contributed by atoms with Crippen LogP contribution in [-0.2, 0) is 0 Å². The van der Waals surface area contributed by atoms with Crippen molar-refractivity contribution in [3.8, 4) is 5.75 Å². The lowest BCUT2D eigenvalue weighted by Crippen LogP contribution is -2.20. The van der Waals surface area contributed by atoms with E-state index in [-0.39, 0.29) is 0 Å². The molecule has 2 unspecified atom stereocenters. The van der Waals surface area contributed by atoms with Gasteiger partial charge in [0, 0.05) is 12.6 Å². The third-order valence-corrected chi connectivity index (χ3v) is 4.42. The maximum atomic E-state index is 6.33. The Labute approximate surface area is 119 Å². The summed E-state index contributed by atoms with van der Waals surface area (Å²) in [6, 6.07) is 6.64. The van der Waals surface area contributed by atoms with E-state index in [0.717, 1.165) is 43.1 Å². The minimum atomic E-state index is 0.388. The van der Waals surface area contributed by atoms with Crippen LogP contribution in [0, 0.1) is 5.92 Å². The van der Waals surface area contributed by atoms with Gasteiger partial charge in [-0.3, -0.25) is 4.90 Å². The van der Waals surface area contributed by atoms with Gasteiger partial charge in [0.15, 0.2) is 0 Å². The second kappa shape index (κ2) is 5.31. The lowest BCUT2D eigenvalue weighted by atomic mass is 10.00. The molecule has 1 saturated carbocycles. The number of rotatable bonds is 4. The van der Waals surface area contributed by atoms with E-state index in [1.807, 2.05) is 6.07 Å². The molecular weight excluding hydrogens is 260 g/mol. The molecule has 2 aliphatic rings. The molecule has 2 N–H and O–H groups in total. The molecule has 1 aliphatic heterocycles. The molecule has 1 aliphatic carbocycles. The van der Waals surface area contributed by atoms with Gasteiger partial charge in [-0.05, 0) is 56.5 Å². The Bertz CT molecular complexity index is 461. The molecule has 1 aromatic rings. The average molecular weight is 281 g/mol. The Hall–Kier alpha value is -0.770. The molecule has 0 aromatic heterocycles. The summed E-state index contributed by atoms with van der Waals surface area (Å²) in [7, 11) is 2.16. The van der Waals surface area contributed by atoms with E-state index < -0.39 is 0 Å². The molecule has 2 fully saturated rings. The first kappa shape index (κ1) is 13.2. The first-order chi connectivity index (χ1) is 9.17. The topological polar surface area (TPSA) is 38.5 Å². The maximum Gasteiger partial charge on any atom is 0.138 e. The number of nitrogens with zero attached hydrogens (tertiary/aromatic N) is 1. The highest BCUT2D eigenvalue weighted by Crippen LogP contribution is 2.38. The second-order valence-corrected chi connectivity index (χ2v) is 6.21. The number of hydrogen-bond acceptors (Lipinski definition) is 3. The SMILES string of the molecule is CN1CC(CN)CC1c1ccc(OC2CC2)c(Cl)c1. The average Bonchev–Trinajstić information content (AvgIpc) is 3.13. The van der Waals surface area contributed by atoms with E-state index >= 15 is 0 Å². The van der Waals surface area contributed by atoms with Gasteiger partial charge in [-0.25, -0.2) is 0 Å². The van der Waals surface area contributed by atoms with Gasteiger partial charge in [0.25, 0.3) is 0 Å². The number of benzene rings is 1. The Morgan fingerprint density at radius 1 is 1.42 bits per heavy atom. The van der Waals surface area contributed by atoms with Crippen LogP contribution in [0.25, 0.3) is 0 Å². The fourth-order valence-electron chi connectivity index (χ4n) is 2.85. The highest BCUT2D eigenvalue weighted by atomic mass is 35.5. The Morgan fingerprint density at radius 3 is 2.79 bits per heavy atom. The van der Waals surface area contributed by atoms with Crippen LogP contribution < -0.4 is 10.5 Å².